The van der Waals surface area contributed by atoms with Crippen LogP contribution in [0.1, 0.15) is 50.5 Å². The summed E-state index contributed by atoms with van der Waals surface area (Å²) in [5.74, 6) is 0.730. The third kappa shape index (κ3) is 6.09. The van der Waals surface area contributed by atoms with Crippen molar-refractivity contribution in [1.82, 2.24) is 20.9 Å². The number of hydrogen-bond acceptors (Lipinski definition) is 2. The number of thiocarbonyl (C=S) groups is 1. The molecule has 1 aliphatic heterocycles. The van der Waals surface area contributed by atoms with Crippen LogP contribution in [0.3, 0.4) is 0 Å². The highest BCUT2D eigenvalue weighted by atomic mass is 32.1. The van der Waals surface area contributed by atoms with Gasteiger partial charge in [0.05, 0.1) is 0 Å². The number of amides is 2. The molecule has 2 amide bonds. The highest BCUT2D eigenvalue weighted by Gasteiger charge is 2.35. The minimum atomic E-state index is 0.122. The first-order valence-electron chi connectivity index (χ1n) is 10.3. The van der Waals surface area contributed by atoms with Crippen molar-refractivity contribution in [2.24, 2.45) is 5.92 Å². The van der Waals surface area contributed by atoms with E-state index < -0.39 is 0 Å². The van der Waals surface area contributed by atoms with E-state index in [4.69, 9.17) is 12.2 Å². The number of piperidine rings is 1. The Morgan fingerprint density at radius 2 is 1.74 bits per heavy atom. The molecule has 3 rings (SSSR count). The maximum Gasteiger partial charge on any atom is 0.317 e. The Bertz CT molecular complexity index is 607. The third-order valence-electron chi connectivity index (χ3n) is 5.72. The zero-order chi connectivity index (χ0) is 18.9. The van der Waals surface area contributed by atoms with E-state index in [0.717, 1.165) is 38.4 Å². The number of likely N-dealkylation sites (tertiary alicyclic amines) is 1. The topological polar surface area (TPSA) is 56.4 Å². The predicted octanol–water partition coefficient (Wildman–Crippen LogP) is 3.41. The van der Waals surface area contributed by atoms with Crippen molar-refractivity contribution >= 4 is 23.4 Å². The van der Waals surface area contributed by atoms with Crippen LogP contribution >= 0.6 is 12.2 Å². The summed E-state index contributed by atoms with van der Waals surface area (Å²) in [6.07, 6.45) is 8.39. The maximum atomic E-state index is 12.6. The summed E-state index contributed by atoms with van der Waals surface area (Å²) in [4.78, 5) is 14.7. The number of carbonyl (C=O) groups is 1. The van der Waals surface area contributed by atoms with E-state index in [1.54, 1.807) is 0 Å². The van der Waals surface area contributed by atoms with E-state index in [1.807, 2.05) is 18.2 Å². The first-order valence-corrected chi connectivity index (χ1v) is 10.7. The fourth-order valence-electron chi connectivity index (χ4n) is 4.30. The number of fused-ring (bicyclic) bond motifs is 1. The van der Waals surface area contributed by atoms with Gasteiger partial charge in [0.1, 0.15) is 0 Å². The second kappa shape index (κ2) is 10.5. The molecule has 27 heavy (non-hydrogen) atoms. The SMILES string of the molecule is O=C(NCCCNC(=S)NCc1ccccc1)N1CCCC2CCCCC21. The van der Waals surface area contributed by atoms with Crippen molar-refractivity contribution in [3.63, 3.8) is 0 Å². The summed E-state index contributed by atoms with van der Waals surface area (Å²) in [5.41, 5.74) is 1.21. The molecule has 148 valence electrons. The quantitative estimate of drug-likeness (QED) is 0.516. The van der Waals surface area contributed by atoms with Crippen LogP contribution in [0.15, 0.2) is 30.3 Å². The average Bonchev–Trinajstić information content (AvgIpc) is 2.72. The fraction of sp³-hybridized carbons (Fsp3) is 0.619. The van der Waals surface area contributed by atoms with Gasteiger partial charge in [0.15, 0.2) is 5.11 Å². The largest absolute Gasteiger partial charge is 0.363 e. The zero-order valence-corrected chi connectivity index (χ0v) is 16.9. The monoisotopic (exact) mass is 388 g/mol. The Morgan fingerprint density at radius 3 is 2.59 bits per heavy atom. The van der Waals surface area contributed by atoms with Crippen LogP contribution in [-0.2, 0) is 6.54 Å². The molecule has 1 aliphatic carbocycles. The molecule has 1 aromatic rings. The molecule has 0 bridgehead atoms. The van der Waals surface area contributed by atoms with Crippen LogP contribution in [0.25, 0.3) is 0 Å². The molecule has 0 aromatic heterocycles. The van der Waals surface area contributed by atoms with Crippen LogP contribution in [-0.4, -0.2) is 41.7 Å². The summed E-state index contributed by atoms with van der Waals surface area (Å²) >= 11 is 5.30. The van der Waals surface area contributed by atoms with Gasteiger partial charge in [-0.25, -0.2) is 4.79 Å². The lowest BCUT2D eigenvalue weighted by atomic mass is 9.78. The Balaban J connectivity index is 1.28. The van der Waals surface area contributed by atoms with Gasteiger partial charge in [-0.1, -0.05) is 43.2 Å². The smallest absolute Gasteiger partial charge is 0.317 e. The first kappa shape index (κ1) is 19.9. The average molecular weight is 389 g/mol. The molecule has 5 nitrogen and oxygen atoms in total. The van der Waals surface area contributed by atoms with Crippen LogP contribution in [0.5, 0.6) is 0 Å². The minimum absolute atomic E-state index is 0.122. The van der Waals surface area contributed by atoms with Crippen LogP contribution in [0, 0.1) is 5.92 Å². The molecular formula is C21H32N4OS. The Labute approximate surface area is 168 Å². The number of hydrogen-bond donors (Lipinski definition) is 3. The maximum absolute atomic E-state index is 12.6. The standard InChI is InChI=1S/C21H32N4OS/c26-21(25-15-6-11-18-10-4-5-12-19(18)25)23-14-7-13-22-20(27)24-16-17-8-2-1-3-9-17/h1-3,8-9,18-19H,4-7,10-16H2,(H,23,26)(H2,22,24,27). The molecule has 6 heteroatoms. The van der Waals surface area contributed by atoms with Crippen molar-refractivity contribution in [3.05, 3.63) is 35.9 Å². The molecule has 2 atom stereocenters. The number of nitrogens with one attached hydrogen (secondary N) is 3. The van der Waals surface area contributed by atoms with Crippen molar-refractivity contribution in [2.75, 3.05) is 19.6 Å². The second-order valence-corrected chi connectivity index (χ2v) is 8.04. The second-order valence-electron chi connectivity index (χ2n) is 7.63. The van der Waals surface area contributed by atoms with Gasteiger partial charge in [0.25, 0.3) is 0 Å². The lowest BCUT2D eigenvalue weighted by Gasteiger charge is -2.44. The van der Waals surface area contributed by atoms with E-state index in [-0.39, 0.29) is 6.03 Å². The molecular weight excluding hydrogens is 356 g/mol. The van der Waals surface area contributed by atoms with Crippen molar-refractivity contribution in [2.45, 2.75) is 57.5 Å². The third-order valence-corrected chi connectivity index (χ3v) is 6.00. The summed E-state index contributed by atoms with van der Waals surface area (Å²) < 4.78 is 0. The van der Waals surface area contributed by atoms with E-state index >= 15 is 0 Å². The van der Waals surface area contributed by atoms with Crippen LogP contribution < -0.4 is 16.0 Å². The molecule has 2 unspecified atom stereocenters. The first-order chi connectivity index (χ1) is 13.2. The molecule has 0 spiro atoms. The number of rotatable bonds is 6. The van der Waals surface area contributed by atoms with Crippen LogP contribution in [0.4, 0.5) is 4.79 Å². The predicted molar refractivity (Wildman–Crippen MR) is 114 cm³/mol. The van der Waals surface area contributed by atoms with Gasteiger partial charge in [-0.05, 0) is 55.8 Å². The van der Waals surface area contributed by atoms with Gasteiger partial charge in [-0.2, -0.15) is 0 Å². The van der Waals surface area contributed by atoms with Gasteiger partial charge in [0, 0.05) is 32.2 Å². The van der Waals surface area contributed by atoms with E-state index in [0.29, 0.717) is 17.7 Å². The van der Waals surface area contributed by atoms with Gasteiger partial charge in [-0.15, -0.1) is 0 Å². The molecule has 2 aliphatic rings. The minimum Gasteiger partial charge on any atom is -0.363 e. The normalized spacial score (nSPS) is 21.9. The number of urea groups is 1. The number of nitrogens with zero attached hydrogens (tertiary/aromatic N) is 1. The van der Waals surface area contributed by atoms with Gasteiger partial charge < -0.3 is 20.9 Å². The lowest BCUT2D eigenvalue weighted by Crippen LogP contribution is -2.53. The number of carbonyl (C=O) groups excluding carboxylic acids is 1. The zero-order valence-electron chi connectivity index (χ0n) is 16.1. The van der Waals surface area contributed by atoms with Crippen molar-refractivity contribution in [1.29, 1.82) is 0 Å². The molecule has 0 radical (unpaired) electrons. The van der Waals surface area contributed by atoms with Gasteiger partial charge in [0.2, 0.25) is 0 Å². The van der Waals surface area contributed by atoms with Crippen molar-refractivity contribution < 1.29 is 4.79 Å². The van der Waals surface area contributed by atoms with Gasteiger partial charge >= 0.3 is 6.03 Å². The molecule has 1 aromatic carbocycles. The summed E-state index contributed by atoms with van der Waals surface area (Å²) in [6.45, 7) is 3.08. The number of benzene rings is 1. The lowest BCUT2D eigenvalue weighted by molar-refractivity contribution is 0.0843. The highest BCUT2D eigenvalue weighted by molar-refractivity contribution is 7.80. The molecule has 1 saturated carbocycles. The van der Waals surface area contributed by atoms with Crippen molar-refractivity contribution in [3.8, 4) is 0 Å². The van der Waals surface area contributed by atoms with E-state index in [2.05, 4.69) is 33.0 Å². The van der Waals surface area contributed by atoms with E-state index in [9.17, 15) is 4.79 Å². The Kier molecular flexibility index (Phi) is 7.75. The molecule has 3 N–H and O–H groups in total. The molecule has 1 heterocycles. The summed E-state index contributed by atoms with van der Waals surface area (Å²) in [6, 6.07) is 10.8. The highest BCUT2D eigenvalue weighted by Crippen LogP contribution is 2.35. The molecule has 2 fully saturated rings. The fourth-order valence-corrected chi connectivity index (χ4v) is 4.48. The Morgan fingerprint density at radius 1 is 1.00 bits per heavy atom. The summed E-state index contributed by atoms with van der Waals surface area (Å²) in [7, 11) is 0. The van der Waals surface area contributed by atoms with Crippen LogP contribution in [0.2, 0.25) is 0 Å². The van der Waals surface area contributed by atoms with Gasteiger partial charge in [-0.3, -0.25) is 0 Å². The van der Waals surface area contributed by atoms with E-state index in [1.165, 1.54) is 37.7 Å². The summed E-state index contributed by atoms with van der Waals surface area (Å²) in [5, 5.41) is 10.2. The molecule has 1 saturated heterocycles. The Hall–Kier alpha value is -1.82.